The Balaban J connectivity index is 3.62. The lowest BCUT2D eigenvalue weighted by atomic mass is 9.96. The molecule has 0 fully saturated rings. The first-order valence-corrected chi connectivity index (χ1v) is 3.51. The fourth-order valence-electron chi connectivity index (χ4n) is 0.833. The molecule has 0 spiro atoms. The summed E-state index contributed by atoms with van der Waals surface area (Å²) in [5.74, 6) is 0. The second-order valence-corrected chi connectivity index (χ2v) is 2.49. The van der Waals surface area contributed by atoms with Gasteiger partial charge in [0.25, 0.3) is 0 Å². The van der Waals surface area contributed by atoms with Crippen LogP contribution in [0.3, 0.4) is 0 Å². The van der Waals surface area contributed by atoms with Crippen LogP contribution in [0, 0.1) is 0 Å². The van der Waals surface area contributed by atoms with Crippen LogP contribution in [-0.4, -0.2) is 22.4 Å². The normalized spacial score (nSPS) is 17.3. The first kappa shape index (κ1) is 8.92. The van der Waals surface area contributed by atoms with E-state index in [1.165, 1.54) is 0 Å². The lowest BCUT2D eigenvalue weighted by molar-refractivity contribution is -0.0246. The highest BCUT2D eigenvalue weighted by Gasteiger charge is 2.21. The van der Waals surface area contributed by atoms with Gasteiger partial charge in [-0.15, -0.1) is 0 Å². The van der Waals surface area contributed by atoms with Gasteiger partial charge < -0.3 is 10.2 Å². The Morgan fingerprint density at radius 3 is 2.00 bits per heavy atom. The average molecular weight is 132 g/mol. The van der Waals surface area contributed by atoms with E-state index in [1.807, 2.05) is 13.8 Å². The number of aliphatic hydroxyl groups is 2. The predicted molar refractivity (Wildman–Crippen MR) is 37.2 cm³/mol. The van der Waals surface area contributed by atoms with Crippen LogP contribution in [0.2, 0.25) is 0 Å². The molecule has 0 aromatic heterocycles. The van der Waals surface area contributed by atoms with Gasteiger partial charge in [-0.1, -0.05) is 20.3 Å². The fraction of sp³-hybridized carbons (Fsp3) is 1.00. The van der Waals surface area contributed by atoms with Gasteiger partial charge in [-0.05, 0) is 12.8 Å². The fourth-order valence-corrected chi connectivity index (χ4v) is 0.833. The highest BCUT2D eigenvalue weighted by atomic mass is 16.3. The highest BCUT2D eigenvalue weighted by molar-refractivity contribution is 4.73. The lowest BCUT2D eigenvalue weighted by Crippen LogP contribution is -2.31. The molecule has 2 N–H and O–H groups in total. The molecule has 0 heterocycles. The predicted octanol–water partition coefficient (Wildman–Crippen LogP) is 0.920. The molecular formula is C7H16O2. The molecule has 0 aromatic carbocycles. The maximum absolute atomic E-state index is 9.38. The highest BCUT2D eigenvalue weighted by Crippen LogP contribution is 2.15. The van der Waals surface area contributed by atoms with Crippen molar-refractivity contribution in [1.29, 1.82) is 0 Å². The van der Waals surface area contributed by atoms with Gasteiger partial charge >= 0.3 is 0 Å². The maximum atomic E-state index is 9.38. The van der Waals surface area contributed by atoms with E-state index in [0.717, 1.165) is 6.42 Å². The molecule has 2 heteroatoms. The second-order valence-electron chi connectivity index (χ2n) is 2.49. The van der Waals surface area contributed by atoms with Crippen LogP contribution in [-0.2, 0) is 0 Å². The Morgan fingerprint density at radius 1 is 1.33 bits per heavy atom. The zero-order chi connectivity index (χ0) is 7.33. The molecule has 9 heavy (non-hydrogen) atoms. The van der Waals surface area contributed by atoms with Crippen molar-refractivity contribution in [1.82, 2.24) is 0 Å². The van der Waals surface area contributed by atoms with Crippen molar-refractivity contribution >= 4 is 0 Å². The van der Waals surface area contributed by atoms with Gasteiger partial charge in [-0.25, -0.2) is 0 Å². The van der Waals surface area contributed by atoms with Crippen LogP contribution in [0.4, 0.5) is 0 Å². The summed E-state index contributed by atoms with van der Waals surface area (Å²) < 4.78 is 0. The van der Waals surface area contributed by atoms with Crippen LogP contribution < -0.4 is 0 Å². The van der Waals surface area contributed by atoms with Crippen molar-refractivity contribution in [2.24, 2.45) is 0 Å². The summed E-state index contributed by atoms with van der Waals surface area (Å²) in [4.78, 5) is 0. The van der Waals surface area contributed by atoms with Crippen molar-refractivity contribution in [3.63, 3.8) is 0 Å². The van der Waals surface area contributed by atoms with E-state index in [4.69, 9.17) is 5.11 Å². The van der Waals surface area contributed by atoms with Gasteiger partial charge in [0.2, 0.25) is 0 Å². The Bertz CT molecular complexity index is 67.3. The summed E-state index contributed by atoms with van der Waals surface area (Å²) in [6, 6.07) is 0. The summed E-state index contributed by atoms with van der Waals surface area (Å²) in [6.07, 6.45) is 2.25. The van der Waals surface area contributed by atoms with Crippen molar-refractivity contribution in [2.45, 2.75) is 38.7 Å². The van der Waals surface area contributed by atoms with E-state index < -0.39 is 5.60 Å². The summed E-state index contributed by atoms with van der Waals surface area (Å²) in [7, 11) is 0. The molecule has 1 unspecified atom stereocenters. The molecule has 0 saturated heterocycles. The molecule has 0 saturated carbocycles. The van der Waals surface area contributed by atoms with E-state index in [0.29, 0.717) is 12.8 Å². The molecule has 0 amide bonds. The van der Waals surface area contributed by atoms with Gasteiger partial charge in [-0.2, -0.15) is 0 Å². The van der Waals surface area contributed by atoms with Crippen molar-refractivity contribution in [2.75, 3.05) is 6.61 Å². The Morgan fingerprint density at radius 2 is 1.89 bits per heavy atom. The van der Waals surface area contributed by atoms with Gasteiger partial charge in [0.05, 0.1) is 12.2 Å². The summed E-state index contributed by atoms with van der Waals surface area (Å²) >= 11 is 0. The van der Waals surface area contributed by atoms with E-state index >= 15 is 0 Å². The number of rotatable bonds is 4. The molecule has 0 aromatic rings. The molecular weight excluding hydrogens is 116 g/mol. The van der Waals surface area contributed by atoms with Crippen molar-refractivity contribution < 1.29 is 10.2 Å². The molecule has 0 aliphatic heterocycles. The zero-order valence-electron chi connectivity index (χ0n) is 6.22. The molecule has 0 radical (unpaired) electrons. The van der Waals surface area contributed by atoms with Gasteiger partial charge in [0.15, 0.2) is 0 Å². The van der Waals surface area contributed by atoms with Crippen LogP contribution >= 0.6 is 0 Å². The molecule has 56 valence electrons. The molecule has 0 aliphatic rings. The third-order valence-corrected chi connectivity index (χ3v) is 1.67. The smallest absolute Gasteiger partial charge is 0.0874 e. The molecule has 2 nitrogen and oxygen atoms in total. The first-order chi connectivity index (χ1) is 4.18. The second kappa shape index (κ2) is 3.85. The third kappa shape index (κ3) is 2.82. The van der Waals surface area contributed by atoms with Crippen LogP contribution in [0.25, 0.3) is 0 Å². The van der Waals surface area contributed by atoms with Crippen molar-refractivity contribution in [3.05, 3.63) is 0 Å². The molecule has 0 rings (SSSR count). The maximum Gasteiger partial charge on any atom is 0.0874 e. The minimum absolute atomic E-state index is 0.114. The summed E-state index contributed by atoms with van der Waals surface area (Å²) in [5, 5.41) is 18.0. The Kier molecular flexibility index (Phi) is 3.82. The first-order valence-electron chi connectivity index (χ1n) is 3.51. The molecule has 1 atom stereocenters. The quantitative estimate of drug-likeness (QED) is 0.597. The minimum atomic E-state index is -0.811. The SMILES string of the molecule is CCCC(O)(CC)CO. The van der Waals surface area contributed by atoms with Gasteiger partial charge in [-0.3, -0.25) is 0 Å². The van der Waals surface area contributed by atoms with Crippen LogP contribution in [0.15, 0.2) is 0 Å². The number of hydrogen-bond acceptors (Lipinski definition) is 2. The van der Waals surface area contributed by atoms with Gasteiger partial charge in [0, 0.05) is 0 Å². The largest absolute Gasteiger partial charge is 0.393 e. The van der Waals surface area contributed by atoms with E-state index in [9.17, 15) is 5.11 Å². The van der Waals surface area contributed by atoms with E-state index in [1.54, 1.807) is 0 Å². The lowest BCUT2D eigenvalue weighted by Gasteiger charge is -2.22. The monoisotopic (exact) mass is 132 g/mol. The standard InChI is InChI=1S/C7H16O2/c1-3-5-7(9,4-2)6-8/h8-9H,3-6H2,1-2H3. The molecule has 0 bridgehead atoms. The van der Waals surface area contributed by atoms with Gasteiger partial charge in [0.1, 0.15) is 0 Å². The van der Waals surface area contributed by atoms with E-state index in [2.05, 4.69) is 0 Å². The van der Waals surface area contributed by atoms with Crippen LogP contribution in [0.1, 0.15) is 33.1 Å². The average Bonchev–Trinajstić information content (AvgIpc) is 1.89. The summed E-state index contributed by atoms with van der Waals surface area (Å²) in [6.45, 7) is 3.76. The Labute approximate surface area is 56.5 Å². The number of hydrogen-bond donors (Lipinski definition) is 2. The zero-order valence-corrected chi connectivity index (χ0v) is 6.22. The summed E-state index contributed by atoms with van der Waals surface area (Å²) in [5.41, 5.74) is -0.811. The number of aliphatic hydroxyl groups excluding tert-OH is 1. The Hall–Kier alpha value is -0.0800. The minimum Gasteiger partial charge on any atom is -0.393 e. The van der Waals surface area contributed by atoms with Crippen molar-refractivity contribution in [3.8, 4) is 0 Å². The molecule has 0 aliphatic carbocycles. The van der Waals surface area contributed by atoms with E-state index in [-0.39, 0.29) is 6.61 Å². The topological polar surface area (TPSA) is 40.5 Å². The van der Waals surface area contributed by atoms with Crippen LogP contribution in [0.5, 0.6) is 0 Å². The third-order valence-electron chi connectivity index (χ3n) is 1.67.